The highest BCUT2D eigenvalue weighted by Crippen LogP contribution is 2.55. The van der Waals surface area contributed by atoms with Crippen LogP contribution in [0, 0.1) is 0 Å². The van der Waals surface area contributed by atoms with E-state index in [9.17, 15) is 0 Å². The molecule has 2 nitrogen and oxygen atoms in total. The van der Waals surface area contributed by atoms with Crippen molar-refractivity contribution in [3.63, 3.8) is 0 Å². The normalized spacial score (nSPS) is 19.7. The molecule has 2 atom stereocenters. The van der Waals surface area contributed by atoms with Crippen molar-refractivity contribution in [1.82, 2.24) is 0 Å². The Bertz CT molecular complexity index is 3180. The lowest BCUT2D eigenvalue weighted by molar-refractivity contribution is -0.399. The first kappa shape index (κ1) is 38.2. The summed E-state index contributed by atoms with van der Waals surface area (Å²) in [5, 5.41) is 10.5. The minimum atomic E-state index is -0.230. The third kappa shape index (κ3) is 6.37. The van der Waals surface area contributed by atoms with E-state index in [1.165, 1.54) is 88.1 Å². The predicted molar refractivity (Wildman–Crippen MR) is 262 cm³/mol. The number of fused-ring (bicyclic) bond motifs is 12. The van der Waals surface area contributed by atoms with Gasteiger partial charge in [0.25, 0.3) is 0 Å². The molecule has 0 aliphatic carbocycles. The molecule has 0 radical (unpaired) electrons. The molecule has 0 N–H and O–H groups in total. The number of hydrogen-bond acceptors (Lipinski definition) is 1. The Labute approximate surface area is 360 Å². The number of likely N-dealkylation sites (N-methyl/N-ethyl adjacent to an activating group) is 1. The third-order valence-corrected chi connectivity index (χ3v) is 13.4. The van der Waals surface area contributed by atoms with Gasteiger partial charge in [0, 0.05) is 35.2 Å². The second kappa shape index (κ2) is 15.5. The zero-order valence-electron chi connectivity index (χ0n) is 35.5. The van der Waals surface area contributed by atoms with Crippen molar-refractivity contribution in [2.24, 2.45) is 0 Å². The zero-order valence-corrected chi connectivity index (χ0v) is 35.5. The van der Waals surface area contributed by atoms with E-state index in [-0.39, 0.29) is 10.8 Å². The fraction of sp³-hybridized carbons (Fsp3) is 0.136. The summed E-state index contributed by atoms with van der Waals surface area (Å²) in [4.78, 5) is 2.44. The minimum absolute atomic E-state index is 0.230. The quantitative estimate of drug-likeness (QED) is 0.0802. The van der Waals surface area contributed by atoms with Crippen LogP contribution in [0.4, 0.5) is 11.4 Å². The van der Waals surface area contributed by atoms with E-state index in [2.05, 4.69) is 250 Å². The van der Waals surface area contributed by atoms with Gasteiger partial charge in [0.1, 0.15) is 7.05 Å². The number of allylic oxidation sites excluding steroid dienone is 10. The fourth-order valence-corrected chi connectivity index (χ4v) is 10.9. The highest BCUT2D eigenvalue weighted by Gasteiger charge is 2.49. The highest BCUT2D eigenvalue weighted by molar-refractivity contribution is 6.19. The Balaban J connectivity index is 0.959. The predicted octanol–water partition coefficient (Wildman–Crippen LogP) is 14.3. The number of hydrogen-bond donors (Lipinski definition) is 0. The van der Waals surface area contributed by atoms with Gasteiger partial charge in [-0.15, -0.1) is 0 Å². The van der Waals surface area contributed by atoms with Gasteiger partial charge in [-0.1, -0.05) is 194 Å². The first-order valence-electron chi connectivity index (χ1n) is 21.6. The Hall–Kier alpha value is -7.03. The summed E-state index contributed by atoms with van der Waals surface area (Å²) in [6.07, 6.45) is 21.6. The van der Waals surface area contributed by atoms with Crippen LogP contribution in [0.1, 0.15) is 36.1 Å². The standard InChI is InChI=1S/C59H51N2/c1-58(40-42-26-12-10-13-27-42)52(60(3)56-50-36-24-20-32-46(50)44-30-18-22-34-48(44)54(56)58)38-16-8-6-5-7-9-17-39-53-59(2,41-43-28-14-11-15-29-43)55-49-35-23-19-31-45(49)47-33-21-25-37-51(47)57(55)61(53)4/h5-39H,40-41H2,1-4H3/q+1. The molecule has 2 heterocycles. The molecule has 0 saturated heterocycles. The molecular weight excluding hydrogens is 737 g/mol. The fourth-order valence-electron chi connectivity index (χ4n) is 10.9. The molecular formula is C59H51N2+. The van der Waals surface area contributed by atoms with E-state index in [4.69, 9.17) is 0 Å². The van der Waals surface area contributed by atoms with Crippen molar-refractivity contribution in [3.8, 4) is 0 Å². The number of nitrogens with zero attached hydrogens (tertiary/aromatic N) is 2. The summed E-state index contributed by atoms with van der Waals surface area (Å²) in [7, 11) is 4.49. The Morgan fingerprint density at radius 1 is 0.443 bits per heavy atom. The minimum Gasteiger partial charge on any atom is -0.347 e. The van der Waals surface area contributed by atoms with E-state index >= 15 is 0 Å². The van der Waals surface area contributed by atoms with Crippen LogP contribution < -0.4 is 4.90 Å². The van der Waals surface area contributed by atoms with Crippen molar-refractivity contribution in [2.45, 2.75) is 37.5 Å². The van der Waals surface area contributed by atoms with Crippen molar-refractivity contribution in [2.75, 3.05) is 19.0 Å². The number of benzene rings is 8. The topological polar surface area (TPSA) is 6.25 Å². The van der Waals surface area contributed by atoms with E-state index in [0.29, 0.717) is 0 Å². The zero-order chi connectivity index (χ0) is 41.6. The lowest BCUT2D eigenvalue weighted by Crippen LogP contribution is -2.33. The molecule has 0 amide bonds. The van der Waals surface area contributed by atoms with E-state index in [0.717, 1.165) is 12.8 Å². The lowest BCUT2D eigenvalue weighted by Gasteiger charge is -2.29. The van der Waals surface area contributed by atoms with Gasteiger partial charge >= 0.3 is 0 Å². The Morgan fingerprint density at radius 3 is 1.43 bits per heavy atom. The van der Waals surface area contributed by atoms with Crippen molar-refractivity contribution >= 4 is 60.2 Å². The lowest BCUT2D eigenvalue weighted by atomic mass is 9.72. The maximum absolute atomic E-state index is 2.44. The van der Waals surface area contributed by atoms with Gasteiger partial charge in [-0.25, -0.2) is 0 Å². The van der Waals surface area contributed by atoms with Crippen molar-refractivity contribution < 1.29 is 4.58 Å². The summed E-state index contributed by atoms with van der Waals surface area (Å²) in [5.41, 5.74) is 10.3. The van der Waals surface area contributed by atoms with Gasteiger partial charge in [-0.05, 0) is 87.8 Å². The Kier molecular flexibility index (Phi) is 9.72. The van der Waals surface area contributed by atoms with Gasteiger partial charge in [0.05, 0.1) is 16.5 Å². The molecule has 2 aliphatic rings. The molecule has 8 aromatic carbocycles. The Morgan fingerprint density at radius 2 is 0.852 bits per heavy atom. The molecule has 61 heavy (non-hydrogen) atoms. The second-order valence-electron chi connectivity index (χ2n) is 17.2. The first-order valence-corrected chi connectivity index (χ1v) is 21.6. The van der Waals surface area contributed by atoms with Crippen molar-refractivity contribution in [1.29, 1.82) is 0 Å². The van der Waals surface area contributed by atoms with E-state index < -0.39 is 0 Å². The summed E-state index contributed by atoms with van der Waals surface area (Å²) in [6.45, 7) is 4.87. The summed E-state index contributed by atoms with van der Waals surface area (Å²) in [6, 6.07) is 57.6. The molecule has 0 bridgehead atoms. The molecule has 2 heteroatoms. The maximum atomic E-state index is 2.44. The van der Waals surface area contributed by atoms with Crippen LogP contribution in [0.5, 0.6) is 0 Å². The summed E-state index contributed by atoms with van der Waals surface area (Å²) < 4.78 is 2.44. The van der Waals surface area contributed by atoms with Crippen LogP contribution in [0.15, 0.2) is 218 Å². The average molecular weight is 788 g/mol. The van der Waals surface area contributed by atoms with Gasteiger partial charge in [-0.2, -0.15) is 4.58 Å². The molecule has 0 aromatic heterocycles. The van der Waals surface area contributed by atoms with Crippen LogP contribution in [0.2, 0.25) is 0 Å². The van der Waals surface area contributed by atoms with Gasteiger partial charge in [0.2, 0.25) is 5.69 Å². The molecule has 0 fully saturated rings. The van der Waals surface area contributed by atoms with Crippen LogP contribution in [-0.2, 0) is 23.7 Å². The van der Waals surface area contributed by atoms with Crippen LogP contribution in [-0.4, -0.2) is 24.4 Å². The largest absolute Gasteiger partial charge is 0.347 e. The van der Waals surface area contributed by atoms with Crippen LogP contribution >= 0.6 is 0 Å². The molecule has 0 saturated carbocycles. The molecule has 0 spiro atoms. The van der Waals surface area contributed by atoms with Crippen LogP contribution in [0.25, 0.3) is 43.1 Å². The third-order valence-electron chi connectivity index (χ3n) is 13.4. The number of rotatable bonds is 9. The van der Waals surface area contributed by atoms with Crippen LogP contribution in [0.3, 0.4) is 0 Å². The van der Waals surface area contributed by atoms with Gasteiger partial charge in [-0.3, -0.25) is 0 Å². The maximum Gasteiger partial charge on any atom is 0.218 e. The molecule has 2 aliphatic heterocycles. The van der Waals surface area contributed by atoms with Gasteiger partial charge in [0.15, 0.2) is 5.71 Å². The number of anilines is 1. The molecule has 2 unspecified atom stereocenters. The van der Waals surface area contributed by atoms with Crippen molar-refractivity contribution in [3.05, 3.63) is 240 Å². The first-order chi connectivity index (χ1) is 29.9. The summed E-state index contributed by atoms with van der Waals surface area (Å²) >= 11 is 0. The van der Waals surface area contributed by atoms with E-state index in [1.54, 1.807) is 0 Å². The molecule has 296 valence electrons. The highest BCUT2D eigenvalue weighted by atomic mass is 15.2. The smallest absolute Gasteiger partial charge is 0.218 e. The van der Waals surface area contributed by atoms with E-state index in [1.807, 2.05) is 0 Å². The molecule has 10 rings (SSSR count). The monoisotopic (exact) mass is 787 g/mol. The average Bonchev–Trinajstić information content (AvgIpc) is 3.65. The molecule has 8 aromatic rings. The second-order valence-corrected chi connectivity index (χ2v) is 17.2. The SMILES string of the molecule is CN1/C(=C/C=C/C=C/C=C/C=C/C2=[N+](C)c3c(c4ccccc4c4ccccc34)C2(C)Cc2ccccc2)C(C)(Cc2ccccc2)c2c1c1ccccc1c1ccccc21. The summed E-state index contributed by atoms with van der Waals surface area (Å²) in [5.74, 6) is 0. The van der Waals surface area contributed by atoms with Gasteiger partial charge < -0.3 is 4.90 Å².